The number of rotatable bonds is 2. The van der Waals surface area contributed by atoms with Gasteiger partial charge in [-0.05, 0) is 6.07 Å². The molecule has 16 heavy (non-hydrogen) atoms. The number of hydrogen-bond acceptors (Lipinski definition) is 6. The summed E-state index contributed by atoms with van der Waals surface area (Å²) in [5, 5.41) is 10.6. The Morgan fingerprint density at radius 3 is 2.94 bits per heavy atom. The molecule has 2 aromatic heterocycles. The first kappa shape index (κ1) is 10.3. The van der Waals surface area contributed by atoms with Gasteiger partial charge < -0.3 is 10.1 Å². The number of carbonyl (C=O) groups is 1. The van der Waals surface area contributed by atoms with Crippen LogP contribution in [0.1, 0.15) is 10.4 Å². The van der Waals surface area contributed by atoms with Crippen molar-refractivity contribution in [3.05, 3.63) is 11.6 Å². The molecule has 0 aliphatic rings. The molecule has 7 heteroatoms. The molecule has 2 rings (SSSR count). The van der Waals surface area contributed by atoms with Gasteiger partial charge in [-0.15, -0.1) is 5.10 Å². The van der Waals surface area contributed by atoms with Gasteiger partial charge in [0.15, 0.2) is 5.65 Å². The Labute approximate surface area is 91.4 Å². The van der Waals surface area contributed by atoms with Crippen molar-refractivity contribution in [1.29, 1.82) is 0 Å². The van der Waals surface area contributed by atoms with E-state index in [4.69, 9.17) is 0 Å². The molecule has 0 saturated heterocycles. The van der Waals surface area contributed by atoms with Crippen LogP contribution in [0, 0.1) is 0 Å². The molecule has 0 fully saturated rings. The fraction of sp³-hybridized carbons (Fsp3) is 0.333. The molecule has 0 aromatic carbocycles. The van der Waals surface area contributed by atoms with Gasteiger partial charge in [0, 0.05) is 14.1 Å². The number of esters is 1. The van der Waals surface area contributed by atoms with Crippen LogP contribution in [-0.2, 0) is 11.8 Å². The minimum absolute atomic E-state index is 0.352. The highest BCUT2D eigenvalue weighted by Crippen LogP contribution is 2.18. The van der Waals surface area contributed by atoms with E-state index in [0.717, 1.165) is 0 Å². The number of anilines is 1. The molecule has 0 aliphatic heterocycles. The first-order chi connectivity index (χ1) is 7.67. The third-order valence-corrected chi connectivity index (χ3v) is 2.22. The Bertz CT molecular complexity index is 548. The molecule has 0 saturated carbocycles. The highest BCUT2D eigenvalue weighted by atomic mass is 16.5. The molecule has 1 N–H and O–H groups in total. The smallest absolute Gasteiger partial charge is 0.340 e. The second-order valence-electron chi connectivity index (χ2n) is 3.18. The number of fused-ring (bicyclic) bond motifs is 1. The normalized spacial score (nSPS) is 10.4. The number of nitrogens with zero attached hydrogens (tertiary/aromatic N) is 4. The number of hydrogen-bond donors (Lipinski definition) is 1. The molecule has 0 atom stereocenters. The summed E-state index contributed by atoms with van der Waals surface area (Å²) in [5.74, 6) is 0.114. The molecule has 2 heterocycles. The summed E-state index contributed by atoms with van der Waals surface area (Å²) in [4.78, 5) is 15.8. The van der Waals surface area contributed by atoms with Crippen LogP contribution >= 0.6 is 0 Å². The van der Waals surface area contributed by atoms with Crippen LogP contribution in [0.5, 0.6) is 0 Å². The summed E-state index contributed by atoms with van der Waals surface area (Å²) < 4.78 is 6.18. The van der Waals surface area contributed by atoms with Crippen LogP contribution in [0.25, 0.3) is 11.2 Å². The zero-order chi connectivity index (χ0) is 11.7. The van der Waals surface area contributed by atoms with Gasteiger partial charge in [-0.2, -0.15) is 0 Å². The fourth-order valence-electron chi connectivity index (χ4n) is 1.40. The zero-order valence-corrected chi connectivity index (χ0v) is 9.18. The molecule has 0 amide bonds. The molecule has 0 radical (unpaired) electrons. The van der Waals surface area contributed by atoms with Crippen LogP contribution in [-0.4, -0.2) is 40.1 Å². The molecule has 0 bridgehead atoms. The number of nitrogens with one attached hydrogen (secondary N) is 1. The van der Waals surface area contributed by atoms with Crippen molar-refractivity contribution in [3.63, 3.8) is 0 Å². The predicted molar refractivity (Wildman–Crippen MR) is 57.2 cm³/mol. The van der Waals surface area contributed by atoms with Crippen LogP contribution in [0.2, 0.25) is 0 Å². The lowest BCUT2D eigenvalue weighted by molar-refractivity contribution is 0.0602. The molecule has 2 aromatic rings. The molecule has 0 aliphatic carbocycles. The van der Waals surface area contributed by atoms with E-state index in [2.05, 4.69) is 25.3 Å². The summed E-state index contributed by atoms with van der Waals surface area (Å²) in [6.45, 7) is 0. The molecular weight excluding hydrogens is 210 g/mol. The second-order valence-corrected chi connectivity index (χ2v) is 3.18. The van der Waals surface area contributed by atoms with Gasteiger partial charge in [-0.1, -0.05) is 5.21 Å². The van der Waals surface area contributed by atoms with E-state index >= 15 is 0 Å². The van der Waals surface area contributed by atoms with Crippen molar-refractivity contribution < 1.29 is 9.53 Å². The van der Waals surface area contributed by atoms with E-state index in [0.29, 0.717) is 22.5 Å². The van der Waals surface area contributed by atoms with Crippen LogP contribution in [0.15, 0.2) is 6.07 Å². The van der Waals surface area contributed by atoms with Gasteiger partial charge in [0.05, 0.1) is 12.7 Å². The SMILES string of the molecule is CNc1cc(C(=O)OC)c2nnn(C)c2n1. The van der Waals surface area contributed by atoms with Crippen molar-refractivity contribution in [2.75, 3.05) is 19.5 Å². The number of ether oxygens (including phenoxy) is 1. The Balaban J connectivity index is 2.74. The lowest BCUT2D eigenvalue weighted by atomic mass is 10.2. The molecule has 7 nitrogen and oxygen atoms in total. The number of carbonyl (C=O) groups excluding carboxylic acids is 1. The maximum absolute atomic E-state index is 11.6. The number of pyridine rings is 1. The molecule has 0 unspecified atom stereocenters. The minimum atomic E-state index is -0.454. The van der Waals surface area contributed by atoms with E-state index in [9.17, 15) is 4.79 Å². The lowest BCUT2D eigenvalue weighted by Gasteiger charge is -2.03. The van der Waals surface area contributed by atoms with E-state index in [-0.39, 0.29) is 0 Å². The monoisotopic (exact) mass is 221 g/mol. The van der Waals surface area contributed by atoms with Crippen LogP contribution < -0.4 is 5.32 Å². The number of aromatic nitrogens is 4. The van der Waals surface area contributed by atoms with Crippen molar-refractivity contribution in [3.8, 4) is 0 Å². The van der Waals surface area contributed by atoms with E-state index in [1.54, 1.807) is 20.2 Å². The van der Waals surface area contributed by atoms with Crippen molar-refractivity contribution in [2.45, 2.75) is 0 Å². The van der Waals surface area contributed by atoms with Gasteiger partial charge in [-0.3, -0.25) is 0 Å². The molecule has 0 spiro atoms. The number of aryl methyl sites for hydroxylation is 1. The van der Waals surface area contributed by atoms with E-state index in [1.165, 1.54) is 11.8 Å². The average molecular weight is 221 g/mol. The fourth-order valence-corrected chi connectivity index (χ4v) is 1.40. The largest absolute Gasteiger partial charge is 0.465 e. The summed E-state index contributed by atoms with van der Waals surface area (Å²) in [5.41, 5.74) is 1.32. The zero-order valence-electron chi connectivity index (χ0n) is 9.18. The quantitative estimate of drug-likeness (QED) is 0.729. The van der Waals surface area contributed by atoms with Gasteiger partial charge in [0.2, 0.25) is 0 Å². The van der Waals surface area contributed by atoms with Gasteiger partial charge in [0.25, 0.3) is 0 Å². The number of methoxy groups -OCH3 is 1. The maximum Gasteiger partial charge on any atom is 0.340 e. The van der Waals surface area contributed by atoms with Gasteiger partial charge in [0.1, 0.15) is 11.3 Å². The standard InChI is InChI=1S/C9H11N5O2/c1-10-6-4-5(9(15)16-3)7-8(11-6)14(2)13-12-7/h4H,1-3H3,(H,10,11). The summed E-state index contributed by atoms with van der Waals surface area (Å²) >= 11 is 0. The molecular formula is C9H11N5O2. The van der Waals surface area contributed by atoms with E-state index < -0.39 is 5.97 Å². The maximum atomic E-state index is 11.6. The first-order valence-corrected chi connectivity index (χ1v) is 4.64. The predicted octanol–water partition coefficient (Wildman–Crippen LogP) is 0.192. The van der Waals surface area contributed by atoms with Crippen LogP contribution in [0.3, 0.4) is 0 Å². The van der Waals surface area contributed by atoms with Gasteiger partial charge in [-0.25, -0.2) is 14.5 Å². The third-order valence-electron chi connectivity index (χ3n) is 2.22. The Morgan fingerprint density at radius 1 is 1.56 bits per heavy atom. The van der Waals surface area contributed by atoms with Crippen molar-refractivity contribution in [2.24, 2.45) is 7.05 Å². The highest BCUT2D eigenvalue weighted by molar-refractivity contribution is 6.01. The van der Waals surface area contributed by atoms with Crippen molar-refractivity contribution >= 4 is 23.0 Å². The molecule has 84 valence electrons. The van der Waals surface area contributed by atoms with Crippen LogP contribution in [0.4, 0.5) is 5.82 Å². The minimum Gasteiger partial charge on any atom is -0.465 e. The first-order valence-electron chi connectivity index (χ1n) is 4.64. The summed E-state index contributed by atoms with van der Waals surface area (Å²) in [7, 11) is 4.76. The Hall–Kier alpha value is -2.18. The summed E-state index contributed by atoms with van der Waals surface area (Å²) in [6, 6.07) is 1.59. The second kappa shape index (κ2) is 3.76. The topological polar surface area (TPSA) is 81.9 Å². The average Bonchev–Trinajstić information content (AvgIpc) is 2.69. The van der Waals surface area contributed by atoms with E-state index in [1.807, 2.05) is 0 Å². The van der Waals surface area contributed by atoms with Gasteiger partial charge >= 0.3 is 5.97 Å². The lowest BCUT2D eigenvalue weighted by Crippen LogP contribution is -2.05. The Morgan fingerprint density at radius 2 is 2.31 bits per heavy atom. The Kier molecular flexibility index (Phi) is 2.43. The highest BCUT2D eigenvalue weighted by Gasteiger charge is 2.17. The summed E-state index contributed by atoms with van der Waals surface area (Å²) in [6.07, 6.45) is 0. The van der Waals surface area contributed by atoms with Crippen molar-refractivity contribution in [1.82, 2.24) is 20.0 Å². The third kappa shape index (κ3) is 1.46.